The molecule has 1 aliphatic carbocycles. The maximum atomic E-state index is 11.9. The van der Waals surface area contributed by atoms with E-state index in [9.17, 15) is 14.9 Å². The van der Waals surface area contributed by atoms with Crippen LogP contribution in [0.15, 0.2) is 21.5 Å². The predicted molar refractivity (Wildman–Crippen MR) is 100 cm³/mol. The van der Waals surface area contributed by atoms with Gasteiger partial charge in [-0.3, -0.25) is 9.59 Å². The van der Waals surface area contributed by atoms with E-state index in [0.29, 0.717) is 12.8 Å². The molecule has 1 fully saturated rings. The largest absolute Gasteiger partial charge is 0.455 e. The zero-order valence-electron chi connectivity index (χ0n) is 14.4. The van der Waals surface area contributed by atoms with E-state index >= 15 is 0 Å². The molecule has 1 amide bonds. The number of benzene rings is 1. The van der Waals surface area contributed by atoms with Crippen molar-refractivity contribution < 1.29 is 14.3 Å². The fourth-order valence-corrected chi connectivity index (χ4v) is 4.14. The van der Waals surface area contributed by atoms with Crippen molar-refractivity contribution in [1.82, 2.24) is 5.32 Å². The standard InChI is InChI=1S/C18H21BrN2O3S/c1-12-8-15(13(2)7-14(12)19)25-10-17(23)24-9-16(22)21-18(11-20)5-3-4-6-18/h7-8H,3-6,9-10H2,1-2H3,(H,21,22). The van der Waals surface area contributed by atoms with Crippen molar-refractivity contribution in [2.75, 3.05) is 12.4 Å². The first kappa shape index (κ1) is 19.8. The molecule has 0 aliphatic heterocycles. The molecule has 25 heavy (non-hydrogen) atoms. The normalized spacial score (nSPS) is 15.4. The molecule has 2 rings (SSSR count). The minimum atomic E-state index is -0.787. The number of nitrogens with zero attached hydrogens (tertiary/aromatic N) is 1. The highest BCUT2D eigenvalue weighted by Gasteiger charge is 2.35. The number of carbonyl (C=O) groups is 2. The summed E-state index contributed by atoms with van der Waals surface area (Å²) in [5, 5.41) is 11.9. The molecule has 0 atom stereocenters. The fourth-order valence-electron chi connectivity index (χ4n) is 2.78. The molecule has 5 nitrogen and oxygen atoms in total. The van der Waals surface area contributed by atoms with Crippen LogP contribution in [0.25, 0.3) is 0 Å². The summed E-state index contributed by atoms with van der Waals surface area (Å²) >= 11 is 4.87. The number of hydrogen-bond donors (Lipinski definition) is 1. The molecular formula is C18H21BrN2O3S. The third-order valence-corrected chi connectivity index (χ3v) is 6.20. The van der Waals surface area contributed by atoms with Crippen LogP contribution in [0.2, 0.25) is 0 Å². The van der Waals surface area contributed by atoms with E-state index in [4.69, 9.17) is 4.74 Å². The van der Waals surface area contributed by atoms with Gasteiger partial charge < -0.3 is 10.1 Å². The third kappa shape index (κ3) is 5.48. The van der Waals surface area contributed by atoms with Crippen LogP contribution < -0.4 is 5.32 Å². The number of ether oxygens (including phenoxy) is 1. The van der Waals surface area contributed by atoms with Crippen LogP contribution in [0.4, 0.5) is 0 Å². The number of hydrogen-bond acceptors (Lipinski definition) is 5. The summed E-state index contributed by atoms with van der Waals surface area (Å²) in [6, 6.07) is 6.21. The quantitative estimate of drug-likeness (QED) is 0.556. The zero-order chi connectivity index (χ0) is 18.4. The Bertz CT molecular complexity index is 709. The van der Waals surface area contributed by atoms with E-state index in [-0.39, 0.29) is 12.4 Å². The summed E-state index contributed by atoms with van der Waals surface area (Å²) in [4.78, 5) is 24.8. The van der Waals surface area contributed by atoms with Crippen molar-refractivity contribution in [3.05, 3.63) is 27.7 Å². The highest BCUT2D eigenvalue weighted by molar-refractivity contribution is 9.10. The second kappa shape index (κ2) is 8.72. The molecule has 0 saturated heterocycles. The Morgan fingerprint density at radius 3 is 2.64 bits per heavy atom. The van der Waals surface area contributed by atoms with Crippen molar-refractivity contribution in [3.8, 4) is 6.07 Å². The molecule has 0 spiro atoms. The van der Waals surface area contributed by atoms with Crippen molar-refractivity contribution in [2.24, 2.45) is 0 Å². The number of amides is 1. The van der Waals surface area contributed by atoms with E-state index in [1.165, 1.54) is 11.8 Å². The Morgan fingerprint density at radius 2 is 2.00 bits per heavy atom. The van der Waals surface area contributed by atoms with Crippen LogP contribution in [0.3, 0.4) is 0 Å². The number of nitrogens with one attached hydrogen (secondary N) is 1. The second-order valence-corrected chi connectivity index (χ2v) is 8.14. The highest BCUT2D eigenvalue weighted by atomic mass is 79.9. The average molecular weight is 425 g/mol. The number of aryl methyl sites for hydroxylation is 2. The molecule has 1 aromatic rings. The van der Waals surface area contributed by atoms with Crippen LogP contribution in [-0.2, 0) is 14.3 Å². The Morgan fingerprint density at radius 1 is 1.32 bits per heavy atom. The van der Waals surface area contributed by atoms with Crippen LogP contribution in [0.1, 0.15) is 36.8 Å². The molecule has 0 radical (unpaired) electrons. The van der Waals surface area contributed by atoms with Crippen LogP contribution in [0.5, 0.6) is 0 Å². The van der Waals surface area contributed by atoms with Gasteiger partial charge in [0.25, 0.3) is 5.91 Å². The summed E-state index contributed by atoms with van der Waals surface area (Å²) in [5.41, 5.74) is 1.38. The van der Waals surface area contributed by atoms with Gasteiger partial charge in [-0.05, 0) is 62.8 Å². The lowest BCUT2D eigenvalue weighted by atomic mass is 10.00. The summed E-state index contributed by atoms with van der Waals surface area (Å²) in [7, 11) is 0. The van der Waals surface area contributed by atoms with E-state index < -0.39 is 17.4 Å². The van der Waals surface area contributed by atoms with Gasteiger partial charge in [0.2, 0.25) is 0 Å². The van der Waals surface area contributed by atoms with Gasteiger partial charge in [0.05, 0.1) is 11.8 Å². The molecular weight excluding hydrogens is 404 g/mol. The Balaban J connectivity index is 1.78. The molecule has 1 aromatic carbocycles. The van der Waals surface area contributed by atoms with Gasteiger partial charge in [0.1, 0.15) is 5.54 Å². The minimum Gasteiger partial charge on any atom is -0.455 e. The Kier molecular flexibility index (Phi) is 6.91. The monoisotopic (exact) mass is 424 g/mol. The Hall–Kier alpha value is -1.52. The number of rotatable bonds is 6. The first-order chi connectivity index (χ1) is 11.8. The maximum Gasteiger partial charge on any atom is 0.316 e. The number of carbonyl (C=O) groups excluding carboxylic acids is 2. The molecule has 0 heterocycles. The molecule has 1 N–H and O–H groups in total. The lowest BCUT2D eigenvalue weighted by Gasteiger charge is -2.21. The van der Waals surface area contributed by atoms with Gasteiger partial charge in [-0.1, -0.05) is 15.9 Å². The van der Waals surface area contributed by atoms with Crippen molar-refractivity contribution in [2.45, 2.75) is 50.0 Å². The topological polar surface area (TPSA) is 79.2 Å². The summed E-state index contributed by atoms with van der Waals surface area (Å²) in [5.74, 6) is -0.728. The van der Waals surface area contributed by atoms with Crippen molar-refractivity contribution in [1.29, 1.82) is 5.26 Å². The van der Waals surface area contributed by atoms with Gasteiger partial charge in [0, 0.05) is 9.37 Å². The van der Waals surface area contributed by atoms with Crippen molar-refractivity contribution >= 4 is 39.6 Å². The first-order valence-corrected chi connectivity index (χ1v) is 9.90. The van der Waals surface area contributed by atoms with Crippen LogP contribution >= 0.6 is 27.7 Å². The zero-order valence-corrected chi connectivity index (χ0v) is 16.8. The highest BCUT2D eigenvalue weighted by Crippen LogP contribution is 2.29. The number of halogens is 1. The van der Waals surface area contributed by atoms with Gasteiger partial charge >= 0.3 is 5.97 Å². The SMILES string of the molecule is Cc1cc(SCC(=O)OCC(=O)NC2(C#N)CCCC2)c(C)cc1Br. The molecule has 1 aliphatic rings. The maximum absolute atomic E-state index is 11.9. The summed E-state index contributed by atoms with van der Waals surface area (Å²) < 4.78 is 6.06. The summed E-state index contributed by atoms with van der Waals surface area (Å²) in [6.45, 7) is 3.62. The van der Waals surface area contributed by atoms with E-state index in [0.717, 1.165) is 33.3 Å². The van der Waals surface area contributed by atoms with Gasteiger partial charge in [-0.15, -0.1) is 11.8 Å². The number of nitriles is 1. The van der Waals surface area contributed by atoms with Crippen molar-refractivity contribution in [3.63, 3.8) is 0 Å². The van der Waals surface area contributed by atoms with E-state index in [1.807, 2.05) is 26.0 Å². The molecule has 7 heteroatoms. The fraction of sp³-hybridized carbons (Fsp3) is 0.500. The van der Waals surface area contributed by atoms with Crippen LogP contribution in [-0.4, -0.2) is 29.8 Å². The lowest BCUT2D eigenvalue weighted by Crippen LogP contribution is -2.46. The van der Waals surface area contributed by atoms with Crippen LogP contribution in [0, 0.1) is 25.2 Å². The predicted octanol–water partition coefficient (Wildman–Crippen LogP) is 3.65. The first-order valence-electron chi connectivity index (χ1n) is 8.13. The summed E-state index contributed by atoms with van der Waals surface area (Å²) in [6.07, 6.45) is 3.16. The molecule has 1 saturated carbocycles. The van der Waals surface area contributed by atoms with E-state index in [2.05, 4.69) is 27.3 Å². The minimum absolute atomic E-state index is 0.137. The Labute approximate surface area is 160 Å². The number of thioether (sulfide) groups is 1. The average Bonchev–Trinajstić information content (AvgIpc) is 3.04. The number of esters is 1. The lowest BCUT2D eigenvalue weighted by molar-refractivity contribution is -0.146. The smallest absolute Gasteiger partial charge is 0.316 e. The van der Waals surface area contributed by atoms with Gasteiger partial charge in [-0.25, -0.2) is 0 Å². The van der Waals surface area contributed by atoms with Gasteiger partial charge in [0.15, 0.2) is 6.61 Å². The second-order valence-electron chi connectivity index (χ2n) is 6.27. The van der Waals surface area contributed by atoms with E-state index in [1.54, 1.807) is 0 Å². The van der Waals surface area contributed by atoms with Gasteiger partial charge in [-0.2, -0.15) is 5.26 Å². The molecule has 134 valence electrons. The molecule has 0 bridgehead atoms. The third-order valence-electron chi connectivity index (χ3n) is 4.22. The molecule has 0 unspecified atom stereocenters. The molecule has 0 aromatic heterocycles.